The van der Waals surface area contributed by atoms with Crippen molar-refractivity contribution in [1.82, 2.24) is 15.3 Å². The van der Waals surface area contributed by atoms with Gasteiger partial charge in [-0.25, -0.2) is 14.2 Å². The largest absolute Gasteiger partial charge is 0.573 e. The van der Waals surface area contributed by atoms with E-state index in [0.29, 0.717) is 28.7 Å². The minimum absolute atomic E-state index is 0.107. The maximum Gasteiger partial charge on any atom is 0.573 e. The van der Waals surface area contributed by atoms with E-state index in [0.717, 1.165) is 18.9 Å². The van der Waals surface area contributed by atoms with E-state index in [4.69, 9.17) is 0 Å². The summed E-state index contributed by atoms with van der Waals surface area (Å²) in [5.41, 5.74) is 1.21. The van der Waals surface area contributed by atoms with Gasteiger partial charge in [-0.1, -0.05) is 25.5 Å². The number of amides is 2. The van der Waals surface area contributed by atoms with Gasteiger partial charge >= 0.3 is 12.4 Å². The standard InChI is InChI=1S/C26H22F4N4O3/c1-2-3-9-31-25(36)34-17-7-8-22(27)20(12-17)23(35)21-14-33-24-19(21)11-16(13-32-24)15-5-4-6-18(10-15)37-26(28,29)30/h4-8,10-14H,2-3,9H2,1H3,(H,32,33)(H2,31,34,36). The molecule has 2 heterocycles. The number of rotatable bonds is 8. The first kappa shape index (κ1) is 25.7. The lowest BCUT2D eigenvalue weighted by Crippen LogP contribution is -2.29. The first-order valence-electron chi connectivity index (χ1n) is 11.4. The number of alkyl halides is 3. The molecule has 7 nitrogen and oxygen atoms in total. The summed E-state index contributed by atoms with van der Waals surface area (Å²) in [4.78, 5) is 32.4. The Balaban J connectivity index is 1.63. The number of ether oxygens (including phenoxy) is 1. The quantitative estimate of drug-likeness (QED) is 0.144. The molecule has 3 N–H and O–H groups in total. The van der Waals surface area contributed by atoms with E-state index in [-0.39, 0.29) is 16.8 Å². The summed E-state index contributed by atoms with van der Waals surface area (Å²) in [5.74, 6) is -1.84. The van der Waals surface area contributed by atoms with Gasteiger partial charge in [0.2, 0.25) is 0 Å². The Labute approximate surface area is 208 Å². The summed E-state index contributed by atoms with van der Waals surface area (Å²) in [6.45, 7) is 2.46. The predicted octanol–water partition coefficient (Wildman–Crippen LogP) is 6.42. The molecule has 0 spiro atoms. The fraction of sp³-hybridized carbons (Fsp3) is 0.192. The molecule has 0 fully saturated rings. The van der Waals surface area contributed by atoms with Crippen molar-refractivity contribution in [2.45, 2.75) is 26.1 Å². The van der Waals surface area contributed by atoms with Gasteiger partial charge in [0.15, 0.2) is 5.78 Å². The first-order valence-corrected chi connectivity index (χ1v) is 11.4. The number of fused-ring (bicyclic) bond motifs is 1. The van der Waals surface area contributed by atoms with Crippen LogP contribution in [0.3, 0.4) is 0 Å². The van der Waals surface area contributed by atoms with Crippen molar-refractivity contribution in [2.24, 2.45) is 0 Å². The van der Waals surface area contributed by atoms with Crippen LogP contribution in [0.1, 0.15) is 35.7 Å². The average molecular weight is 514 g/mol. The maximum atomic E-state index is 14.6. The third-order valence-corrected chi connectivity index (χ3v) is 5.46. The van der Waals surface area contributed by atoms with Crippen LogP contribution in [0.2, 0.25) is 0 Å². The van der Waals surface area contributed by atoms with Crippen LogP contribution in [0.5, 0.6) is 5.75 Å². The molecule has 0 aliphatic heterocycles. The van der Waals surface area contributed by atoms with Crippen molar-refractivity contribution < 1.29 is 31.9 Å². The highest BCUT2D eigenvalue weighted by Gasteiger charge is 2.31. The van der Waals surface area contributed by atoms with Crippen molar-refractivity contribution in [2.75, 3.05) is 11.9 Å². The Kier molecular flexibility index (Phi) is 7.42. The lowest BCUT2D eigenvalue weighted by molar-refractivity contribution is -0.274. The second-order valence-electron chi connectivity index (χ2n) is 8.16. The molecule has 0 bridgehead atoms. The van der Waals surface area contributed by atoms with E-state index in [1.54, 1.807) is 12.1 Å². The Bertz CT molecular complexity index is 1450. The number of hydrogen-bond acceptors (Lipinski definition) is 4. The van der Waals surface area contributed by atoms with Gasteiger partial charge in [0.25, 0.3) is 0 Å². The number of hydrogen-bond donors (Lipinski definition) is 3. The highest BCUT2D eigenvalue weighted by atomic mass is 19.4. The zero-order valence-corrected chi connectivity index (χ0v) is 19.6. The summed E-state index contributed by atoms with van der Waals surface area (Å²) in [6.07, 6.45) is -0.322. The Morgan fingerprint density at radius 1 is 1.05 bits per heavy atom. The maximum absolute atomic E-state index is 14.6. The number of aromatic nitrogens is 2. The number of ketones is 1. The van der Waals surface area contributed by atoms with Gasteiger partial charge in [0.05, 0.1) is 5.56 Å². The zero-order valence-electron chi connectivity index (χ0n) is 19.6. The van der Waals surface area contributed by atoms with E-state index in [2.05, 4.69) is 25.3 Å². The van der Waals surface area contributed by atoms with Crippen molar-refractivity contribution in [3.05, 3.63) is 77.9 Å². The van der Waals surface area contributed by atoms with Crippen molar-refractivity contribution >= 4 is 28.5 Å². The summed E-state index contributed by atoms with van der Waals surface area (Å²) >= 11 is 0. The summed E-state index contributed by atoms with van der Waals surface area (Å²) in [7, 11) is 0. The summed E-state index contributed by atoms with van der Waals surface area (Å²) in [5, 5.41) is 5.60. The molecule has 192 valence electrons. The lowest BCUT2D eigenvalue weighted by Gasteiger charge is -2.10. The third kappa shape index (κ3) is 6.24. The minimum Gasteiger partial charge on any atom is -0.406 e. The Hall–Kier alpha value is -4.41. The van der Waals surface area contributed by atoms with Crippen molar-refractivity contribution in [3.63, 3.8) is 0 Å². The zero-order chi connectivity index (χ0) is 26.6. The predicted molar refractivity (Wildman–Crippen MR) is 130 cm³/mol. The smallest absolute Gasteiger partial charge is 0.406 e. The lowest BCUT2D eigenvalue weighted by atomic mass is 10.00. The molecule has 4 rings (SSSR count). The van der Waals surface area contributed by atoms with Crippen LogP contribution in [0, 0.1) is 5.82 Å². The molecular weight excluding hydrogens is 492 g/mol. The SMILES string of the molecule is CCCCNC(=O)Nc1ccc(F)c(C(=O)c2c[nH]c3ncc(-c4cccc(OC(F)(F)F)c4)cc23)c1. The molecule has 0 atom stereocenters. The molecule has 11 heteroatoms. The van der Waals surface area contributed by atoms with Gasteiger partial charge in [-0.05, 0) is 48.4 Å². The number of anilines is 1. The van der Waals surface area contributed by atoms with Crippen molar-refractivity contribution in [1.29, 1.82) is 0 Å². The Morgan fingerprint density at radius 2 is 1.86 bits per heavy atom. The summed E-state index contributed by atoms with van der Waals surface area (Å²) in [6, 6.07) is 10.1. The number of nitrogens with zero attached hydrogens (tertiary/aromatic N) is 1. The van der Waals surface area contributed by atoms with E-state index < -0.39 is 29.7 Å². The van der Waals surface area contributed by atoms with Crippen LogP contribution in [0.25, 0.3) is 22.2 Å². The van der Waals surface area contributed by atoms with E-state index in [1.165, 1.54) is 42.7 Å². The molecule has 4 aromatic rings. The number of urea groups is 1. The van der Waals surface area contributed by atoms with Gasteiger partial charge in [-0.15, -0.1) is 13.2 Å². The van der Waals surface area contributed by atoms with Crippen LogP contribution >= 0.6 is 0 Å². The van der Waals surface area contributed by atoms with Gasteiger partial charge in [0, 0.05) is 41.1 Å². The fourth-order valence-corrected chi connectivity index (χ4v) is 3.70. The topological polar surface area (TPSA) is 96.1 Å². The van der Waals surface area contributed by atoms with Gasteiger partial charge in [-0.3, -0.25) is 4.79 Å². The average Bonchev–Trinajstić information content (AvgIpc) is 3.27. The number of carbonyl (C=O) groups is 2. The fourth-order valence-electron chi connectivity index (χ4n) is 3.70. The van der Waals surface area contributed by atoms with Crippen LogP contribution in [0.4, 0.5) is 28.0 Å². The number of pyridine rings is 1. The highest BCUT2D eigenvalue weighted by Crippen LogP contribution is 2.31. The number of benzene rings is 2. The normalized spacial score (nSPS) is 11.4. The molecule has 37 heavy (non-hydrogen) atoms. The molecular formula is C26H22F4N4O3. The molecule has 2 aromatic heterocycles. The number of aromatic amines is 1. The minimum atomic E-state index is -4.84. The number of nitrogens with one attached hydrogen (secondary N) is 3. The first-order chi connectivity index (χ1) is 17.6. The molecule has 0 aliphatic rings. The Morgan fingerprint density at radius 3 is 2.62 bits per heavy atom. The van der Waals surface area contributed by atoms with E-state index >= 15 is 0 Å². The van der Waals surface area contributed by atoms with Gasteiger partial charge in [0.1, 0.15) is 17.2 Å². The van der Waals surface area contributed by atoms with Crippen molar-refractivity contribution in [3.8, 4) is 16.9 Å². The van der Waals surface area contributed by atoms with Gasteiger partial charge in [-0.2, -0.15) is 0 Å². The number of halogens is 4. The third-order valence-electron chi connectivity index (χ3n) is 5.46. The molecule has 0 aliphatic carbocycles. The number of H-pyrrole nitrogens is 1. The van der Waals surface area contributed by atoms with E-state index in [9.17, 15) is 27.2 Å². The molecule has 0 unspecified atom stereocenters. The second kappa shape index (κ2) is 10.7. The van der Waals surface area contributed by atoms with Crippen LogP contribution < -0.4 is 15.4 Å². The molecule has 0 radical (unpaired) electrons. The molecule has 2 amide bonds. The van der Waals surface area contributed by atoms with Gasteiger partial charge < -0.3 is 20.4 Å². The second-order valence-corrected chi connectivity index (χ2v) is 8.16. The monoisotopic (exact) mass is 514 g/mol. The molecule has 0 saturated carbocycles. The number of unbranched alkanes of at least 4 members (excludes halogenated alkanes) is 1. The number of carbonyl (C=O) groups excluding carboxylic acids is 2. The van der Waals surface area contributed by atoms with Crippen LogP contribution in [0.15, 0.2) is 60.9 Å². The van der Waals surface area contributed by atoms with E-state index in [1.807, 2.05) is 6.92 Å². The highest BCUT2D eigenvalue weighted by molar-refractivity contribution is 6.16. The van der Waals surface area contributed by atoms with Crippen LogP contribution in [-0.2, 0) is 0 Å². The molecule has 2 aromatic carbocycles. The molecule has 0 saturated heterocycles. The summed E-state index contributed by atoms with van der Waals surface area (Å²) < 4.78 is 56.5. The van der Waals surface area contributed by atoms with Crippen LogP contribution in [-0.4, -0.2) is 34.7 Å².